The molecule has 4 aromatic rings. The van der Waals surface area contributed by atoms with E-state index in [9.17, 15) is 4.79 Å². The predicted molar refractivity (Wildman–Crippen MR) is 117 cm³/mol. The van der Waals surface area contributed by atoms with E-state index in [0.717, 1.165) is 21.3 Å². The Hall–Kier alpha value is -3.38. The van der Waals surface area contributed by atoms with Gasteiger partial charge in [0.05, 0.1) is 5.69 Å². The summed E-state index contributed by atoms with van der Waals surface area (Å²) < 4.78 is 8.17. The zero-order chi connectivity index (χ0) is 20.1. The zero-order valence-electron chi connectivity index (χ0n) is 15.5. The molecule has 1 heterocycles. The summed E-state index contributed by atoms with van der Waals surface area (Å²) in [5.41, 5.74) is 3.31. The number of aromatic nitrogens is 2. The van der Waals surface area contributed by atoms with E-state index in [0.29, 0.717) is 11.4 Å². The minimum atomic E-state index is -0.275. The van der Waals surface area contributed by atoms with Crippen molar-refractivity contribution in [2.45, 2.75) is 6.73 Å². The first-order valence-corrected chi connectivity index (χ1v) is 9.86. The van der Waals surface area contributed by atoms with Crippen LogP contribution >= 0.6 is 15.9 Å². The number of carbonyl (C=O) groups excluding carboxylic acids is 1. The lowest BCUT2D eigenvalue weighted by atomic mass is 10.1. The van der Waals surface area contributed by atoms with Crippen LogP contribution in [0.15, 0.2) is 95.6 Å². The largest absolute Gasteiger partial charge is 0.471 e. The highest BCUT2D eigenvalue weighted by Crippen LogP contribution is 2.23. The topological polar surface area (TPSA) is 56.2 Å². The van der Waals surface area contributed by atoms with Crippen molar-refractivity contribution in [1.82, 2.24) is 9.78 Å². The molecule has 5 nitrogen and oxygen atoms in total. The summed E-state index contributed by atoms with van der Waals surface area (Å²) in [5.74, 6) is 0.460. The Balaban J connectivity index is 1.36. The third kappa shape index (κ3) is 4.73. The van der Waals surface area contributed by atoms with Crippen molar-refractivity contribution in [2.75, 3.05) is 5.32 Å². The number of ether oxygens (including phenoxy) is 1. The number of anilines is 1. The first kappa shape index (κ1) is 19.0. The van der Waals surface area contributed by atoms with Crippen molar-refractivity contribution in [3.63, 3.8) is 0 Å². The summed E-state index contributed by atoms with van der Waals surface area (Å²) in [7, 11) is 0. The van der Waals surface area contributed by atoms with E-state index < -0.39 is 0 Å². The standard InChI is InChI=1S/C23H18BrN3O2/c24-20-8-4-5-9-21(20)25-23(28)22-14-15-27(26-22)16-29-19-12-10-18(11-13-19)17-6-2-1-3-7-17/h1-15H,16H2,(H,25,28). The molecule has 0 aliphatic heterocycles. The van der Waals surface area contributed by atoms with E-state index in [1.807, 2.05) is 66.7 Å². The molecular formula is C23H18BrN3O2. The van der Waals surface area contributed by atoms with Gasteiger partial charge in [0, 0.05) is 10.7 Å². The molecular weight excluding hydrogens is 430 g/mol. The Labute approximate surface area is 177 Å². The maximum atomic E-state index is 12.4. The number of para-hydroxylation sites is 1. The lowest BCUT2D eigenvalue weighted by molar-refractivity contribution is 0.102. The maximum Gasteiger partial charge on any atom is 0.276 e. The van der Waals surface area contributed by atoms with Crippen molar-refractivity contribution < 1.29 is 9.53 Å². The van der Waals surface area contributed by atoms with E-state index in [1.165, 1.54) is 0 Å². The molecule has 6 heteroatoms. The molecule has 0 bridgehead atoms. The molecule has 0 saturated heterocycles. The smallest absolute Gasteiger partial charge is 0.276 e. The van der Waals surface area contributed by atoms with Gasteiger partial charge in [-0.3, -0.25) is 4.79 Å². The van der Waals surface area contributed by atoms with Gasteiger partial charge in [-0.05, 0) is 57.4 Å². The molecule has 1 aromatic heterocycles. The van der Waals surface area contributed by atoms with Crippen LogP contribution in [-0.4, -0.2) is 15.7 Å². The van der Waals surface area contributed by atoms with Crippen LogP contribution in [0.5, 0.6) is 5.75 Å². The van der Waals surface area contributed by atoms with Crippen LogP contribution in [0, 0.1) is 0 Å². The third-order valence-electron chi connectivity index (χ3n) is 4.32. The van der Waals surface area contributed by atoms with E-state index in [1.54, 1.807) is 16.9 Å². The third-order valence-corrected chi connectivity index (χ3v) is 5.01. The number of halogens is 1. The van der Waals surface area contributed by atoms with Gasteiger partial charge in [0.15, 0.2) is 12.4 Å². The molecule has 0 saturated carbocycles. The van der Waals surface area contributed by atoms with Crippen molar-refractivity contribution in [1.29, 1.82) is 0 Å². The molecule has 3 aromatic carbocycles. The van der Waals surface area contributed by atoms with Crippen molar-refractivity contribution >= 4 is 27.5 Å². The van der Waals surface area contributed by atoms with Crippen molar-refractivity contribution in [3.05, 3.63) is 101 Å². The molecule has 29 heavy (non-hydrogen) atoms. The second kappa shape index (κ2) is 8.75. The number of nitrogens with zero attached hydrogens (tertiary/aromatic N) is 2. The molecule has 0 aliphatic carbocycles. The lowest BCUT2D eigenvalue weighted by Gasteiger charge is -2.08. The summed E-state index contributed by atoms with van der Waals surface area (Å²) >= 11 is 3.41. The van der Waals surface area contributed by atoms with Gasteiger partial charge in [-0.1, -0.05) is 54.6 Å². The summed E-state index contributed by atoms with van der Waals surface area (Å²) in [6.45, 7) is 0.215. The minimum absolute atomic E-state index is 0.215. The van der Waals surface area contributed by atoms with Crippen molar-refractivity contribution in [2.24, 2.45) is 0 Å². The molecule has 0 spiro atoms. The Morgan fingerprint density at radius 1 is 0.897 bits per heavy atom. The lowest BCUT2D eigenvalue weighted by Crippen LogP contribution is -2.14. The number of hydrogen-bond donors (Lipinski definition) is 1. The SMILES string of the molecule is O=C(Nc1ccccc1Br)c1ccn(COc2ccc(-c3ccccc3)cc2)n1. The van der Waals surface area contributed by atoms with Gasteiger partial charge in [0.1, 0.15) is 5.75 Å². The molecule has 0 aliphatic rings. The second-order valence-electron chi connectivity index (χ2n) is 6.34. The van der Waals surface area contributed by atoms with Gasteiger partial charge in [0.25, 0.3) is 5.91 Å². The number of nitrogens with one attached hydrogen (secondary N) is 1. The Morgan fingerprint density at radius 3 is 2.34 bits per heavy atom. The molecule has 0 unspecified atom stereocenters. The summed E-state index contributed by atoms with van der Waals surface area (Å²) in [5, 5.41) is 7.11. The van der Waals surface area contributed by atoms with Crippen LogP contribution in [0.3, 0.4) is 0 Å². The van der Waals surface area contributed by atoms with Gasteiger partial charge in [-0.2, -0.15) is 5.10 Å². The first-order chi connectivity index (χ1) is 14.2. The average Bonchev–Trinajstić information content (AvgIpc) is 3.24. The van der Waals surface area contributed by atoms with E-state index in [2.05, 4.69) is 38.5 Å². The highest BCUT2D eigenvalue weighted by molar-refractivity contribution is 9.10. The predicted octanol–water partition coefficient (Wildman–Crippen LogP) is 5.60. The molecule has 144 valence electrons. The van der Waals surface area contributed by atoms with Gasteiger partial charge < -0.3 is 10.1 Å². The number of rotatable bonds is 6. The van der Waals surface area contributed by atoms with Gasteiger partial charge in [-0.15, -0.1) is 0 Å². The normalized spacial score (nSPS) is 10.5. The van der Waals surface area contributed by atoms with Crippen LogP contribution < -0.4 is 10.1 Å². The van der Waals surface area contributed by atoms with Gasteiger partial charge in [-0.25, -0.2) is 4.68 Å². The Kier molecular flexibility index (Phi) is 5.72. The van der Waals surface area contributed by atoms with E-state index in [-0.39, 0.29) is 12.6 Å². The zero-order valence-corrected chi connectivity index (χ0v) is 17.0. The number of carbonyl (C=O) groups is 1. The van der Waals surface area contributed by atoms with Crippen LogP contribution in [0.2, 0.25) is 0 Å². The van der Waals surface area contributed by atoms with E-state index >= 15 is 0 Å². The van der Waals surface area contributed by atoms with Crippen molar-refractivity contribution in [3.8, 4) is 16.9 Å². The molecule has 1 N–H and O–H groups in total. The fourth-order valence-corrected chi connectivity index (χ4v) is 3.20. The second-order valence-corrected chi connectivity index (χ2v) is 7.19. The van der Waals surface area contributed by atoms with Crippen LogP contribution in [0.1, 0.15) is 10.5 Å². The molecule has 1 amide bonds. The number of hydrogen-bond acceptors (Lipinski definition) is 3. The molecule has 0 fully saturated rings. The van der Waals surface area contributed by atoms with E-state index in [4.69, 9.17) is 4.74 Å². The average molecular weight is 448 g/mol. The summed E-state index contributed by atoms with van der Waals surface area (Å²) in [4.78, 5) is 12.4. The minimum Gasteiger partial charge on any atom is -0.471 e. The first-order valence-electron chi connectivity index (χ1n) is 9.07. The summed E-state index contributed by atoms with van der Waals surface area (Å²) in [6, 6.07) is 27.1. The maximum absolute atomic E-state index is 12.4. The van der Waals surface area contributed by atoms with Crippen LogP contribution in [-0.2, 0) is 6.73 Å². The molecule has 4 rings (SSSR count). The highest BCUT2D eigenvalue weighted by atomic mass is 79.9. The fourth-order valence-electron chi connectivity index (χ4n) is 2.82. The quantitative estimate of drug-likeness (QED) is 0.418. The molecule has 0 radical (unpaired) electrons. The molecule has 0 atom stereocenters. The van der Waals surface area contributed by atoms with Gasteiger partial charge >= 0.3 is 0 Å². The fraction of sp³-hybridized carbons (Fsp3) is 0.0435. The number of benzene rings is 3. The van der Waals surface area contributed by atoms with Crippen LogP contribution in [0.4, 0.5) is 5.69 Å². The Bertz CT molecular complexity index is 1110. The number of amides is 1. The summed E-state index contributed by atoms with van der Waals surface area (Å²) in [6.07, 6.45) is 1.72. The van der Waals surface area contributed by atoms with Gasteiger partial charge in [0.2, 0.25) is 0 Å². The highest BCUT2D eigenvalue weighted by Gasteiger charge is 2.11. The Morgan fingerprint density at radius 2 is 1.59 bits per heavy atom. The van der Waals surface area contributed by atoms with Crippen LogP contribution in [0.25, 0.3) is 11.1 Å². The monoisotopic (exact) mass is 447 g/mol.